The molecule has 2 aromatic carbocycles. The summed E-state index contributed by atoms with van der Waals surface area (Å²) in [6, 6.07) is 14.1. The molecule has 0 aliphatic carbocycles. The molecule has 0 spiro atoms. The maximum atomic E-state index is 13.1. The van der Waals surface area contributed by atoms with Crippen molar-refractivity contribution in [2.24, 2.45) is 0 Å². The van der Waals surface area contributed by atoms with Crippen molar-refractivity contribution in [3.63, 3.8) is 0 Å². The Morgan fingerprint density at radius 1 is 1.20 bits per heavy atom. The quantitative estimate of drug-likeness (QED) is 0.672. The highest BCUT2D eigenvalue weighted by atomic mass is 16.5. The normalized spacial score (nSPS) is 18.7. The van der Waals surface area contributed by atoms with Gasteiger partial charge in [-0.25, -0.2) is 0 Å². The number of carbonyl (C=O) groups excluding carboxylic acids is 1. The third-order valence-corrected chi connectivity index (χ3v) is 5.60. The third-order valence-electron chi connectivity index (χ3n) is 5.60. The summed E-state index contributed by atoms with van der Waals surface area (Å²) in [4.78, 5) is 13.1. The molecule has 2 atom stereocenters. The number of aryl methyl sites for hydroxylation is 1. The van der Waals surface area contributed by atoms with Gasteiger partial charge in [0.2, 0.25) is 0 Å². The first-order chi connectivity index (χ1) is 14.0. The van der Waals surface area contributed by atoms with E-state index in [9.17, 15) is 4.79 Å². The second-order valence-corrected chi connectivity index (χ2v) is 9.96. The molecule has 0 saturated heterocycles. The number of hydrogen-bond donors (Lipinski definition) is 1. The Morgan fingerprint density at radius 3 is 2.47 bits per heavy atom. The monoisotopic (exact) mass is 409 g/mol. The van der Waals surface area contributed by atoms with Crippen molar-refractivity contribution in [3.05, 3.63) is 59.2 Å². The minimum absolute atomic E-state index is 0.0850. The van der Waals surface area contributed by atoms with Gasteiger partial charge >= 0.3 is 0 Å². The van der Waals surface area contributed by atoms with Crippen molar-refractivity contribution in [2.75, 3.05) is 0 Å². The van der Waals surface area contributed by atoms with E-state index < -0.39 is 6.10 Å². The Kier molecular flexibility index (Phi) is 6.16. The number of amides is 1. The van der Waals surface area contributed by atoms with Gasteiger partial charge < -0.3 is 14.8 Å². The van der Waals surface area contributed by atoms with Crippen LogP contribution in [0.3, 0.4) is 0 Å². The molecule has 3 rings (SSSR count). The predicted octanol–water partition coefficient (Wildman–Crippen LogP) is 5.87. The molecule has 0 saturated carbocycles. The van der Waals surface area contributed by atoms with Crippen molar-refractivity contribution < 1.29 is 14.3 Å². The SMILES string of the molecule is CC[C@H](Oc1ccc(C(C)(C)C)cc1)C(=O)N[C@@H]1CC(C)(C)Oc2cc(C)ccc21. The van der Waals surface area contributed by atoms with Crippen LogP contribution < -0.4 is 14.8 Å². The van der Waals surface area contributed by atoms with E-state index in [0.717, 1.165) is 16.9 Å². The zero-order valence-corrected chi connectivity index (χ0v) is 19.3. The highest BCUT2D eigenvalue weighted by Gasteiger charge is 2.35. The van der Waals surface area contributed by atoms with Crippen LogP contribution in [0.2, 0.25) is 0 Å². The fourth-order valence-corrected chi connectivity index (χ4v) is 3.87. The summed E-state index contributed by atoms with van der Waals surface area (Å²) in [7, 11) is 0. The molecule has 2 aromatic rings. The fraction of sp³-hybridized carbons (Fsp3) is 0.500. The molecule has 4 heteroatoms. The van der Waals surface area contributed by atoms with Crippen molar-refractivity contribution >= 4 is 5.91 Å². The van der Waals surface area contributed by atoms with Crippen LogP contribution in [0.1, 0.15) is 77.1 Å². The molecule has 1 aliphatic heterocycles. The van der Waals surface area contributed by atoms with Crippen LogP contribution in [0.4, 0.5) is 0 Å². The first-order valence-corrected chi connectivity index (χ1v) is 10.9. The lowest BCUT2D eigenvalue weighted by molar-refractivity contribution is -0.129. The fourth-order valence-electron chi connectivity index (χ4n) is 3.87. The zero-order valence-electron chi connectivity index (χ0n) is 19.3. The lowest BCUT2D eigenvalue weighted by atomic mass is 9.87. The summed E-state index contributed by atoms with van der Waals surface area (Å²) in [6.45, 7) is 14.7. The van der Waals surface area contributed by atoms with E-state index in [-0.39, 0.29) is 23.0 Å². The van der Waals surface area contributed by atoms with Crippen LogP contribution in [-0.2, 0) is 10.2 Å². The predicted molar refractivity (Wildman–Crippen MR) is 121 cm³/mol. The van der Waals surface area contributed by atoms with Gasteiger partial charge in [0.05, 0.1) is 6.04 Å². The average molecular weight is 410 g/mol. The molecule has 1 aliphatic rings. The molecule has 0 fully saturated rings. The first-order valence-electron chi connectivity index (χ1n) is 10.9. The summed E-state index contributed by atoms with van der Waals surface area (Å²) >= 11 is 0. The van der Waals surface area contributed by atoms with Gasteiger partial charge in [-0.15, -0.1) is 0 Å². The molecule has 1 N–H and O–H groups in total. The van der Waals surface area contributed by atoms with Crippen LogP contribution in [0.25, 0.3) is 0 Å². The molecule has 0 bridgehead atoms. The Balaban J connectivity index is 1.74. The highest BCUT2D eigenvalue weighted by molar-refractivity contribution is 5.81. The number of carbonyl (C=O) groups is 1. The van der Waals surface area contributed by atoms with E-state index in [1.54, 1.807) is 0 Å². The van der Waals surface area contributed by atoms with E-state index >= 15 is 0 Å². The summed E-state index contributed by atoms with van der Waals surface area (Å²) in [5, 5.41) is 3.21. The zero-order chi connectivity index (χ0) is 22.1. The second kappa shape index (κ2) is 8.33. The molecule has 0 radical (unpaired) electrons. The minimum Gasteiger partial charge on any atom is -0.487 e. The summed E-state index contributed by atoms with van der Waals surface area (Å²) in [5.41, 5.74) is 3.15. The van der Waals surface area contributed by atoms with Crippen molar-refractivity contribution in [1.82, 2.24) is 5.32 Å². The number of benzene rings is 2. The lowest BCUT2D eigenvalue weighted by Crippen LogP contribution is -2.45. The smallest absolute Gasteiger partial charge is 0.261 e. The molecule has 30 heavy (non-hydrogen) atoms. The van der Waals surface area contributed by atoms with E-state index in [1.165, 1.54) is 5.56 Å². The number of nitrogens with one attached hydrogen (secondary N) is 1. The molecule has 0 aromatic heterocycles. The van der Waals surface area contributed by atoms with E-state index in [2.05, 4.69) is 64.2 Å². The van der Waals surface area contributed by atoms with E-state index in [1.807, 2.05) is 32.0 Å². The van der Waals surface area contributed by atoms with Crippen LogP contribution in [0.5, 0.6) is 11.5 Å². The van der Waals surface area contributed by atoms with Gasteiger partial charge in [-0.2, -0.15) is 0 Å². The topological polar surface area (TPSA) is 47.6 Å². The van der Waals surface area contributed by atoms with Gasteiger partial charge in [0.15, 0.2) is 6.10 Å². The van der Waals surface area contributed by atoms with Gasteiger partial charge in [-0.1, -0.05) is 52.0 Å². The Labute approximate surface area is 181 Å². The first kappa shape index (κ1) is 22.2. The van der Waals surface area contributed by atoms with Gasteiger partial charge in [-0.3, -0.25) is 4.79 Å². The van der Waals surface area contributed by atoms with Crippen LogP contribution in [-0.4, -0.2) is 17.6 Å². The largest absolute Gasteiger partial charge is 0.487 e. The standard InChI is InChI=1S/C26H35NO3/c1-8-22(29-19-12-10-18(11-13-19)25(3,4)5)24(28)27-21-16-26(6,7)30-23-15-17(2)9-14-20(21)23/h9-15,21-22H,8,16H2,1-7H3,(H,27,28)/t21-,22+/m1/s1. The summed E-state index contributed by atoms with van der Waals surface area (Å²) in [5.74, 6) is 1.48. The van der Waals surface area contributed by atoms with Gasteiger partial charge in [-0.05, 0) is 61.9 Å². The molecule has 0 unspecified atom stereocenters. The van der Waals surface area contributed by atoms with Crippen LogP contribution in [0.15, 0.2) is 42.5 Å². The van der Waals surface area contributed by atoms with Gasteiger partial charge in [0.25, 0.3) is 5.91 Å². The number of hydrogen-bond acceptors (Lipinski definition) is 3. The van der Waals surface area contributed by atoms with Crippen molar-refractivity contribution in [2.45, 2.75) is 84.5 Å². The van der Waals surface area contributed by atoms with Crippen LogP contribution >= 0.6 is 0 Å². The molecular formula is C26H35NO3. The Hall–Kier alpha value is -2.49. The van der Waals surface area contributed by atoms with Gasteiger partial charge in [0, 0.05) is 12.0 Å². The van der Waals surface area contributed by atoms with Crippen molar-refractivity contribution in [3.8, 4) is 11.5 Å². The molecule has 1 amide bonds. The maximum absolute atomic E-state index is 13.1. The Bertz CT molecular complexity index is 893. The molecule has 162 valence electrons. The van der Waals surface area contributed by atoms with E-state index in [4.69, 9.17) is 9.47 Å². The van der Waals surface area contributed by atoms with Gasteiger partial charge in [0.1, 0.15) is 17.1 Å². The van der Waals surface area contributed by atoms with E-state index in [0.29, 0.717) is 18.6 Å². The lowest BCUT2D eigenvalue weighted by Gasteiger charge is -2.38. The molecular weight excluding hydrogens is 374 g/mol. The summed E-state index contributed by atoms with van der Waals surface area (Å²) < 4.78 is 12.2. The average Bonchev–Trinajstić information content (AvgIpc) is 2.64. The number of rotatable bonds is 5. The Morgan fingerprint density at radius 2 is 1.87 bits per heavy atom. The summed E-state index contributed by atoms with van der Waals surface area (Å²) in [6.07, 6.45) is 0.775. The second-order valence-electron chi connectivity index (χ2n) is 9.96. The van der Waals surface area contributed by atoms with Crippen LogP contribution in [0, 0.1) is 6.92 Å². The number of fused-ring (bicyclic) bond motifs is 1. The molecule has 4 nitrogen and oxygen atoms in total. The van der Waals surface area contributed by atoms with Crippen molar-refractivity contribution in [1.29, 1.82) is 0 Å². The molecule has 1 heterocycles. The minimum atomic E-state index is -0.537. The number of ether oxygens (including phenoxy) is 2. The highest BCUT2D eigenvalue weighted by Crippen LogP contribution is 2.40. The third kappa shape index (κ3) is 5.16. The maximum Gasteiger partial charge on any atom is 0.261 e.